The Bertz CT molecular complexity index is 325. The number of nitrogens with one attached hydrogen (secondary N) is 2. The van der Waals surface area contributed by atoms with Gasteiger partial charge in [-0.1, -0.05) is 0 Å². The quantitative estimate of drug-likeness (QED) is 0.762. The molecule has 1 aromatic heterocycles. The number of carbonyl (C=O) groups excluding carboxylic acids is 2. The molecule has 0 aliphatic heterocycles. The lowest BCUT2D eigenvalue weighted by Crippen LogP contribution is -2.19. The van der Waals surface area contributed by atoms with Crippen molar-refractivity contribution >= 4 is 11.8 Å². The molecule has 2 amide bonds. The average molecular weight is 210 g/mol. The molecule has 0 unspecified atom stereocenters. The Morgan fingerprint density at radius 1 is 1.07 bits per heavy atom. The molecule has 0 fully saturated rings. The van der Waals surface area contributed by atoms with Gasteiger partial charge >= 0.3 is 0 Å². The molecule has 0 aromatic carbocycles. The molecular weight excluding hydrogens is 196 g/mol. The maximum Gasteiger partial charge on any atom is 0.217 e. The molecule has 82 valence electrons. The van der Waals surface area contributed by atoms with Crippen molar-refractivity contribution in [1.82, 2.24) is 10.6 Å². The summed E-state index contributed by atoms with van der Waals surface area (Å²) >= 11 is 0. The highest BCUT2D eigenvalue weighted by Crippen LogP contribution is 2.07. The molecule has 2 N–H and O–H groups in total. The van der Waals surface area contributed by atoms with Crippen molar-refractivity contribution in [1.29, 1.82) is 0 Å². The van der Waals surface area contributed by atoms with Crippen LogP contribution >= 0.6 is 0 Å². The minimum Gasteiger partial charge on any atom is -0.462 e. The van der Waals surface area contributed by atoms with Crippen LogP contribution in [0.5, 0.6) is 0 Å². The first kappa shape index (κ1) is 11.3. The lowest BCUT2D eigenvalue weighted by Gasteiger charge is -1.99. The van der Waals surface area contributed by atoms with Crippen LogP contribution in [0.3, 0.4) is 0 Å². The second-order valence-corrected chi connectivity index (χ2v) is 3.19. The van der Waals surface area contributed by atoms with Gasteiger partial charge in [0.15, 0.2) is 0 Å². The second kappa shape index (κ2) is 5.19. The zero-order chi connectivity index (χ0) is 11.3. The van der Waals surface area contributed by atoms with Gasteiger partial charge in [0.25, 0.3) is 0 Å². The number of rotatable bonds is 4. The van der Waals surface area contributed by atoms with Gasteiger partial charge in [0.05, 0.1) is 13.1 Å². The fourth-order valence-corrected chi connectivity index (χ4v) is 1.04. The predicted octanol–water partition coefficient (Wildman–Crippen LogP) is 0.552. The molecule has 0 bridgehead atoms. The van der Waals surface area contributed by atoms with E-state index >= 15 is 0 Å². The van der Waals surface area contributed by atoms with Crippen LogP contribution in [0.1, 0.15) is 25.4 Å². The lowest BCUT2D eigenvalue weighted by molar-refractivity contribution is -0.119. The zero-order valence-corrected chi connectivity index (χ0v) is 8.79. The maximum absolute atomic E-state index is 10.6. The Hall–Kier alpha value is -1.78. The van der Waals surface area contributed by atoms with Gasteiger partial charge in [0, 0.05) is 13.8 Å². The highest BCUT2D eigenvalue weighted by Gasteiger charge is 2.02. The summed E-state index contributed by atoms with van der Waals surface area (Å²) in [5.74, 6) is 1.14. The van der Waals surface area contributed by atoms with E-state index in [1.165, 1.54) is 13.8 Å². The van der Waals surface area contributed by atoms with Gasteiger partial charge in [0.1, 0.15) is 11.5 Å². The minimum absolute atomic E-state index is 0.102. The fraction of sp³-hybridized carbons (Fsp3) is 0.400. The molecule has 0 aliphatic carbocycles. The normalized spacial score (nSPS) is 9.73. The molecule has 1 heterocycles. The molecule has 0 saturated carbocycles. The monoisotopic (exact) mass is 210 g/mol. The smallest absolute Gasteiger partial charge is 0.217 e. The fourth-order valence-electron chi connectivity index (χ4n) is 1.04. The van der Waals surface area contributed by atoms with Crippen LogP contribution in [-0.2, 0) is 22.7 Å². The molecule has 1 rings (SSSR count). The van der Waals surface area contributed by atoms with E-state index < -0.39 is 0 Å². The van der Waals surface area contributed by atoms with Crippen molar-refractivity contribution in [2.24, 2.45) is 0 Å². The molecule has 0 spiro atoms. The van der Waals surface area contributed by atoms with E-state index in [4.69, 9.17) is 4.42 Å². The minimum atomic E-state index is -0.102. The van der Waals surface area contributed by atoms with Crippen LogP contribution in [-0.4, -0.2) is 11.8 Å². The third kappa shape index (κ3) is 4.30. The van der Waals surface area contributed by atoms with Crippen molar-refractivity contribution < 1.29 is 14.0 Å². The Morgan fingerprint density at radius 3 is 1.80 bits per heavy atom. The number of furan rings is 1. The summed E-state index contributed by atoms with van der Waals surface area (Å²) in [6, 6.07) is 3.54. The third-order valence-corrected chi connectivity index (χ3v) is 1.74. The second-order valence-electron chi connectivity index (χ2n) is 3.19. The summed E-state index contributed by atoms with van der Waals surface area (Å²) in [7, 11) is 0. The highest BCUT2D eigenvalue weighted by atomic mass is 16.3. The molecule has 0 saturated heterocycles. The standard InChI is InChI=1S/C10H14N2O3/c1-7(13)11-5-9-3-4-10(15-9)6-12-8(2)14/h3-4H,5-6H2,1-2H3,(H,11,13)(H,12,14). The van der Waals surface area contributed by atoms with Gasteiger partial charge in [-0.25, -0.2) is 0 Å². The highest BCUT2D eigenvalue weighted by molar-refractivity contribution is 5.73. The van der Waals surface area contributed by atoms with Gasteiger partial charge < -0.3 is 15.1 Å². The predicted molar refractivity (Wildman–Crippen MR) is 53.7 cm³/mol. The number of amides is 2. The summed E-state index contributed by atoms with van der Waals surface area (Å²) < 4.78 is 5.36. The van der Waals surface area contributed by atoms with Crippen LogP contribution in [0, 0.1) is 0 Å². The van der Waals surface area contributed by atoms with Gasteiger partial charge in [-0.15, -0.1) is 0 Å². The van der Waals surface area contributed by atoms with Crippen molar-refractivity contribution in [2.75, 3.05) is 0 Å². The molecule has 5 heteroatoms. The summed E-state index contributed by atoms with van der Waals surface area (Å²) in [5, 5.41) is 5.24. The number of hydrogen-bond acceptors (Lipinski definition) is 3. The third-order valence-electron chi connectivity index (χ3n) is 1.74. The van der Waals surface area contributed by atoms with Gasteiger partial charge in [-0.05, 0) is 12.1 Å². The lowest BCUT2D eigenvalue weighted by atomic mass is 10.4. The summed E-state index contributed by atoms with van der Waals surface area (Å²) in [6.07, 6.45) is 0. The zero-order valence-electron chi connectivity index (χ0n) is 8.79. The van der Waals surface area contributed by atoms with E-state index in [9.17, 15) is 9.59 Å². The van der Waals surface area contributed by atoms with Crippen molar-refractivity contribution in [3.8, 4) is 0 Å². The van der Waals surface area contributed by atoms with Gasteiger partial charge in [-0.2, -0.15) is 0 Å². The van der Waals surface area contributed by atoms with E-state index in [0.29, 0.717) is 24.6 Å². The van der Waals surface area contributed by atoms with Crippen LogP contribution in [0.2, 0.25) is 0 Å². The Balaban J connectivity index is 2.41. The van der Waals surface area contributed by atoms with Crippen LogP contribution in [0.4, 0.5) is 0 Å². The molecule has 0 radical (unpaired) electrons. The maximum atomic E-state index is 10.6. The molecule has 0 atom stereocenters. The molecular formula is C10H14N2O3. The van der Waals surface area contributed by atoms with E-state index in [1.807, 2.05) is 0 Å². The van der Waals surface area contributed by atoms with Crippen molar-refractivity contribution in [3.63, 3.8) is 0 Å². The molecule has 0 aliphatic rings. The Morgan fingerprint density at radius 2 is 1.47 bits per heavy atom. The number of hydrogen-bond donors (Lipinski definition) is 2. The Kier molecular flexibility index (Phi) is 3.91. The van der Waals surface area contributed by atoms with Crippen LogP contribution in [0.15, 0.2) is 16.5 Å². The molecule has 5 nitrogen and oxygen atoms in total. The van der Waals surface area contributed by atoms with Crippen LogP contribution in [0.25, 0.3) is 0 Å². The van der Waals surface area contributed by atoms with E-state index in [2.05, 4.69) is 10.6 Å². The van der Waals surface area contributed by atoms with Gasteiger partial charge in [0.2, 0.25) is 11.8 Å². The summed E-state index contributed by atoms with van der Waals surface area (Å²) in [5.41, 5.74) is 0. The van der Waals surface area contributed by atoms with Gasteiger partial charge in [-0.3, -0.25) is 9.59 Å². The molecule has 1 aromatic rings. The van der Waals surface area contributed by atoms with E-state index in [0.717, 1.165) is 0 Å². The average Bonchev–Trinajstić information content (AvgIpc) is 2.59. The first-order valence-corrected chi connectivity index (χ1v) is 4.64. The number of carbonyl (C=O) groups is 2. The van der Waals surface area contributed by atoms with Crippen molar-refractivity contribution in [2.45, 2.75) is 26.9 Å². The van der Waals surface area contributed by atoms with Crippen molar-refractivity contribution in [3.05, 3.63) is 23.7 Å². The largest absolute Gasteiger partial charge is 0.462 e. The summed E-state index contributed by atoms with van der Waals surface area (Å²) in [4.78, 5) is 21.3. The van der Waals surface area contributed by atoms with Crippen LogP contribution < -0.4 is 10.6 Å². The molecule has 15 heavy (non-hydrogen) atoms. The van der Waals surface area contributed by atoms with E-state index in [-0.39, 0.29) is 11.8 Å². The summed E-state index contributed by atoms with van der Waals surface area (Å²) in [6.45, 7) is 3.63. The Labute approximate surface area is 87.8 Å². The van der Waals surface area contributed by atoms with E-state index in [1.54, 1.807) is 12.1 Å². The first-order chi connectivity index (χ1) is 7.08. The SMILES string of the molecule is CC(=O)NCc1ccc(CNC(C)=O)o1. The first-order valence-electron chi connectivity index (χ1n) is 4.64. The topological polar surface area (TPSA) is 71.3 Å².